The SMILES string of the molecule is O=C(NC1N=C(c2ccccc2)c2ccc(Cl)cc2NC1=O)c1cccs1. The number of rotatable bonds is 3. The van der Waals surface area contributed by atoms with Gasteiger partial charge in [-0.1, -0.05) is 48.0 Å². The zero-order chi connectivity index (χ0) is 18.8. The first-order valence-corrected chi connectivity index (χ1v) is 9.46. The number of halogens is 1. The van der Waals surface area contributed by atoms with Crippen molar-refractivity contribution in [3.63, 3.8) is 0 Å². The lowest BCUT2D eigenvalue weighted by atomic mass is 10.0. The van der Waals surface area contributed by atoms with E-state index in [1.54, 1.807) is 29.6 Å². The van der Waals surface area contributed by atoms with E-state index in [0.717, 1.165) is 11.1 Å². The lowest BCUT2D eigenvalue weighted by Gasteiger charge is -2.12. The second kappa shape index (κ2) is 7.34. The molecule has 27 heavy (non-hydrogen) atoms. The van der Waals surface area contributed by atoms with Gasteiger partial charge in [0.15, 0.2) is 0 Å². The van der Waals surface area contributed by atoms with E-state index in [-0.39, 0.29) is 5.91 Å². The molecule has 2 N–H and O–H groups in total. The van der Waals surface area contributed by atoms with E-state index in [2.05, 4.69) is 15.6 Å². The summed E-state index contributed by atoms with van der Waals surface area (Å²) in [6.45, 7) is 0. The van der Waals surface area contributed by atoms with Gasteiger partial charge in [0.2, 0.25) is 6.17 Å². The number of hydrogen-bond donors (Lipinski definition) is 2. The summed E-state index contributed by atoms with van der Waals surface area (Å²) in [5.41, 5.74) is 2.75. The van der Waals surface area contributed by atoms with Crippen LogP contribution in [0.3, 0.4) is 0 Å². The van der Waals surface area contributed by atoms with Crippen LogP contribution in [0.15, 0.2) is 71.0 Å². The highest BCUT2D eigenvalue weighted by atomic mass is 35.5. The normalized spacial score (nSPS) is 16.0. The highest BCUT2D eigenvalue weighted by Crippen LogP contribution is 2.27. The standard InChI is InChI=1S/C20H14ClN3O2S/c21-13-8-9-14-15(11-13)22-20(26)18(24-19(25)16-7-4-10-27-16)23-17(14)12-5-2-1-3-6-12/h1-11,18H,(H,22,26)(H,24,25). The van der Waals surface area contributed by atoms with Crippen molar-refractivity contribution < 1.29 is 9.59 Å². The molecule has 0 aliphatic carbocycles. The molecule has 0 saturated carbocycles. The van der Waals surface area contributed by atoms with Gasteiger partial charge in [-0.15, -0.1) is 11.3 Å². The Kier molecular flexibility index (Phi) is 4.75. The summed E-state index contributed by atoms with van der Waals surface area (Å²) < 4.78 is 0. The van der Waals surface area contributed by atoms with Crippen molar-refractivity contribution in [1.82, 2.24) is 5.32 Å². The van der Waals surface area contributed by atoms with Crippen LogP contribution in [0.2, 0.25) is 5.02 Å². The number of benzene rings is 2. The molecule has 0 saturated heterocycles. The van der Waals surface area contributed by atoms with E-state index in [9.17, 15) is 9.59 Å². The number of carbonyl (C=O) groups excluding carboxylic acids is 2. The van der Waals surface area contributed by atoms with Gasteiger partial charge in [0.1, 0.15) is 0 Å². The van der Waals surface area contributed by atoms with Crippen molar-refractivity contribution in [3.8, 4) is 0 Å². The predicted octanol–water partition coefficient (Wildman–Crippen LogP) is 3.95. The van der Waals surface area contributed by atoms with E-state index in [1.807, 2.05) is 36.4 Å². The van der Waals surface area contributed by atoms with Crippen LogP contribution in [0.25, 0.3) is 0 Å². The number of nitrogens with one attached hydrogen (secondary N) is 2. The molecule has 134 valence electrons. The van der Waals surface area contributed by atoms with Crippen molar-refractivity contribution >= 4 is 46.2 Å². The molecular formula is C20H14ClN3O2S. The van der Waals surface area contributed by atoms with Crippen LogP contribution in [-0.2, 0) is 4.79 Å². The van der Waals surface area contributed by atoms with Crippen LogP contribution in [0.4, 0.5) is 5.69 Å². The summed E-state index contributed by atoms with van der Waals surface area (Å²) in [7, 11) is 0. The molecule has 3 aromatic rings. The third-order valence-electron chi connectivity index (χ3n) is 4.06. The minimum atomic E-state index is -1.05. The second-order valence-corrected chi connectivity index (χ2v) is 7.26. The fraction of sp³-hybridized carbons (Fsp3) is 0.0500. The van der Waals surface area contributed by atoms with Gasteiger partial charge in [-0.3, -0.25) is 9.59 Å². The van der Waals surface area contributed by atoms with Crippen molar-refractivity contribution in [2.24, 2.45) is 4.99 Å². The Morgan fingerprint density at radius 1 is 1.11 bits per heavy atom. The first kappa shape index (κ1) is 17.5. The zero-order valence-corrected chi connectivity index (χ0v) is 15.6. The first-order valence-electron chi connectivity index (χ1n) is 8.20. The minimum Gasteiger partial charge on any atom is -0.322 e. The Balaban J connectivity index is 1.78. The monoisotopic (exact) mass is 395 g/mol. The largest absolute Gasteiger partial charge is 0.322 e. The van der Waals surface area contributed by atoms with E-state index >= 15 is 0 Å². The molecule has 1 unspecified atom stereocenters. The number of anilines is 1. The Morgan fingerprint density at radius 2 is 1.93 bits per heavy atom. The smallest absolute Gasteiger partial charge is 0.269 e. The molecule has 0 fully saturated rings. The lowest BCUT2D eigenvalue weighted by molar-refractivity contribution is -0.117. The number of nitrogens with zero attached hydrogens (tertiary/aromatic N) is 1. The van der Waals surface area contributed by atoms with Gasteiger partial charge in [0.05, 0.1) is 16.3 Å². The lowest BCUT2D eigenvalue weighted by Crippen LogP contribution is -2.42. The van der Waals surface area contributed by atoms with Gasteiger partial charge in [-0.2, -0.15) is 0 Å². The number of carbonyl (C=O) groups is 2. The first-order chi connectivity index (χ1) is 13.1. The maximum absolute atomic E-state index is 12.7. The summed E-state index contributed by atoms with van der Waals surface area (Å²) in [6, 6.07) is 18.2. The van der Waals surface area contributed by atoms with Gasteiger partial charge in [0, 0.05) is 16.1 Å². The zero-order valence-electron chi connectivity index (χ0n) is 14.0. The molecule has 2 aromatic carbocycles. The molecule has 0 spiro atoms. The third-order valence-corrected chi connectivity index (χ3v) is 5.16. The molecule has 1 atom stereocenters. The average molecular weight is 396 g/mol. The van der Waals surface area contributed by atoms with Crippen molar-refractivity contribution in [1.29, 1.82) is 0 Å². The molecule has 7 heteroatoms. The molecule has 0 radical (unpaired) electrons. The van der Waals surface area contributed by atoms with Crippen molar-refractivity contribution in [2.75, 3.05) is 5.32 Å². The van der Waals surface area contributed by atoms with Gasteiger partial charge < -0.3 is 10.6 Å². The number of hydrogen-bond acceptors (Lipinski definition) is 4. The number of thiophene rings is 1. The van der Waals surface area contributed by atoms with Crippen molar-refractivity contribution in [2.45, 2.75) is 6.17 Å². The van der Waals surface area contributed by atoms with E-state index in [1.165, 1.54) is 11.3 Å². The highest BCUT2D eigenvalue weighted by Gasteiger charge is 2.27. The van der Waals surface area contributed by atoms with Crippen LogP contribution < -0.4 is 10.6 Å². The van der Waals surface area contributed by atoms with Crippen LogP contribution >= 0.6 is 22.9 Å². The molecule has 0 bridgehead atoms. The molecule has 4 rings (SSSR count). The van der Waals surface area contributed by atoms with Crippen LogP contribution in [0.5, 0.6) is 0 Å². The fourth-order valence-electron chi connectivity index (χ4n) is 2.81. The fourth-order valence-corrected chi connectivity index (χ4v) is 3.61. The number of aliphatic imine (C=N–C) groups is 1. The Hall–Kier alpha value is -2.96. The third kappa shape index (κ3) is 3.63. The summed E-state index contributed by atoms with van der Waals surface area (Å²) in [5, 5.41) is 7.82. The Bertz CT molecular complexity index is 1030. The molecule has 5 nitrogen and oxygen atoms in total. The topological polar surface area (TPSA) is 70.6 Å². The van der Waals surface area contributed by atoms with Crippen molar-refractivity contribution in [3.05, 3.63) is 87.1 Å². The summed E-state index contributed by atoms with van der Waals surface area (Å²) in [6.07, 6.45) is -1.05. The number of amides is 2. The average Bonchev–Trinajstić information content (AvgIpc) is 3.17. The van der Waals surface area contributed by atoms with E-state index in [4.69, 9.17) is 11.6 Å². The predicted molar refractivity (Wildman–Crippen MR) is 108 cm³/mol. The molecule has 1 aliphatic heterocycles. The quantitative estimate of drug-likeness (QED) is 0.705. The number of benzodiazepines with no additional fused rings is 1. The Labute approximate surface area is 164 Å². The summed E-state index contributed by atoms with van der Waals surface area (Å²) in [4.78, 5) is 30.2. The van der Waals surface area contributed by atoms with Crippen LogP contribution in [0, 0.1) is 0 Å². The van der Waals surface area contributed by atoms with Gasteiger partial charge in [-0.05, 0) is 29.6 Å². The molecule has 2 heterocycles. The second-order valence-electron chi connectivity index (χ2n) is 5.88. The maximum Gasteiger partial charge on any atom is 0.269 e. The van der Waals surface area contributed by atoms with E-state index < -0.39 is 12.1 Å². The molecular weight excluding hydrogens is 382 g/mol. The van der Waals surface area contributed by atoms with Gasteiger partial charge >= 0.3 is 0 Å². The highest BCUT2D eigenvalue weighted by molar-refractivity contribution is 7.12. The van der Waals surface area contributed by atoms with Gasteiger partial charge in [0.25, 0.3) is 11.8 Å². The maximum atomic E-state index is 12.7. The molecule has 2 amide bonds. The Morgan fingerprint density at radius 3 is 2.67 bits per heavy atom. The number of fused-ring (bicyclic) bond motifs is 1. The molecule has 1 aliphatic rings. The van der Waals surface area contributed by atoms with Crippen LogP contribution in [0.1, 0.15) is 20.8 Å². The summed E-state index contributed by atoms with van der Waals surface area (Å²) >= 11 is 7.40. The minimum absolute atomic E-state index is 0.342. The van der Waals surface area contributed by atoms with Crippen LogP contribution in [-0.4, -0.2) is 23.7 Å². The molecule has 1 aromatic heterocycles. The van der Waals surface area contributed by atoms with E-state index in [0.29, 0.717) is 21.3 Å². The van der Waals surface area contributed by atoms with Gasteiger partial charge in [-0.25, -0.2) is 4.99 Å². The summed E-state index contributed by atoms with van der Waals surface area (Å²) in [5.74, 6) is -0.764.